The van der Waals surface area contributed by atoms with Crippen molar-refractivity contribution in [3.63, 3.8) is 0 Å². The van der Waals surface area contributed by atoms with Gasteiger partial charge < -0.3 is 13.9 Å². The molecule has 0 radical (unpaired) electrons. The van der Waals surface area contributed by atoms with Gasteiger partial charge >= 0.3 is 11.7 Å². The summed E-state index contributed by atoms with van der Waals surface area (Å²) in [6.45, 7) is -0.462. The molecule has 0 unspecified atom stereocenters. The van der Waals surface area contributed by atoms with E-state index in [0.29, 0.717) is 17.2 Å². The molecule has 9 heteroatoms. The number of aromatic nitrogens is 2. The minimum Gasteiger partial charge on any atom is -0.475 e. The molecule has 1 aromatic heterocycles. The van der Waals surface area contributed by atoms with E-state index in [1.54, 1.807) is 30.3 Å². The third-order valence-electron chi connectivity index (χ3n) is 3.10. The lowest BCUT2D eigenvalue weighted by atomic mass is 10.2. The van der Waals surface area contributed by atoms with Crippen molar-refractivity contribution in [2.24, 2.45) is 0 Å². The molecule has 0 fully saturated rings. The number of benzene rings is 2. The minimum atomic E-state index is -0.691. The molecule has 0 spiro atoms. The highest BCUT2D eigenvalue weighted by atomic mass is 16.6. The number of rotatable bonds is 6. The molecule has 25 heavy (non-hydrogen) atoms. The molecule has 126 valence electrons. The lowest BCUT2D eigenvalue weighted by Crippen LogP contribution is -2.18. The Morgan fingerprint density at radius 3 is 2.60 bits per heavy atom. The second-order valence-corrected chi connectivity index (χ2v) is 4.76. The Balaban J connectivity index is 1.59. The van der Waals surface area contributed by atoms with E-state index in [9.17, 15) is 14.9 Å². The van der Waals surface area contributed by atoms with Crippen molar-refractivity contribution in [1.82, 2.24) is 10.2 Å². The molecule has 1 heterocycles. The molecule has 0 aliphatic rings. The van der Waals surface area contributed by atoms with E-state index in [-0.39, 0.29) is 11.4 Å². The van der Waals surface area contributed by atoms with Crippen molar-refractivity contribution in [2.75, 3.05) is 6.61 Å². The fourth-order valence-corrected chi connectivity index (χ4v) is 1.99. The lowest BCUT2D eigenvalue weighted by molar-refractivity contribution is -0.385. The van der Waals surface area contributed by atoms with Crippen LogP contribution in [0.5, 0.6) is 11.5 Å². The predicted molar refractivity (Wildman–Crippen MR) is 84.0 cm³/mol. The summed E-state index contributed by atoms with van der Waals surface area (Å²) in [6, 6.07) is 12.2. The van der Waals surface area contributed by atoms with E-state index in [1.807, 2.05) is 0 Å². The maximum atomic E-state index is 11.8. The SMILES string of the molecule is O=C(COc1ccccc1[N+](=O)[O-])Oc1ccc(-c2nnco2)cc1. The van der Waals surface area contributed by atoms with E-state index in [2.05, 4.69) is 10.2 Å². The summed E-state index contributed by atoms with van der Waals surface area (Å²) >= 11 is 0. The first-order valence-electron chi connectivity index (χ1n) is 7.07. The van der Waals surface area contributed by atoms with E-state index in [1.165, 1.54) is 24.6 Å². The van der Waals surface area contributed by atoms with E-state index >= 15 is 0 Å². The average Bonchev–Trinajstić information content (AvgIpc) is 3.15. The Bertz CT molecular complexity index is 877. The molecule has 9 nitrogen and oxygen atoms in total. The van der Waals surface area contributed by atoms with Crippen molar-refractivity contribution in [3.8, 4) is 23.0 Å². The first-order chi connectivity index (χ1) is 12.1. The fraction of sp³-hybridized carbons (Fsp3) is 0.0625. The second-order valence-electron chi connectivity index (χ2n) is 4.76. The largest absolute Gasteiger partial charge is 0.475 e. The van der Waals surface area contributed by atoms with Crippen LogP contribution in [0.25, 0.3) is 11.5 Å². The Kier molecular flexibility index (Phi) is 4.65. The summed E-state index contributed by atoms with van der Waals surface area (Å²) in [5, 5.41) is 18.2. The summed E-state index contributed by atoms with van der Waals surface area (Å²) in [6.07, 6.45) is 1.21. The van der Waals surface area contributed by atoms with Crippen LogP contribution in [-0.2, 0) is 4.79 Å². The summed E-state index contributed by atoms with van der Waals surface area (Å²) in [5.41, 5.74) is 0.452. The molecule has 0 aliphatic heterocycles. The molecule has 0 saturated heterocycles. The van der Waals surface area contributed by atoms with Crippen LogP contribution in [0.1, 0.15) is 0 Å². The molecule has 0 amide bonds. The number of nitrogens with zero attached hydrogens (tertiary/aromatic N) is 3. The maximum Gasteiger partial charge on any atom is 0.349 e. The zero-order valence-corrected chi connectivity index (χ0v) is 12.7. The quantitative estimate of drug-likeness (QED) is 0.290. The standard InChI is InChI=1S/C16H11N3O6/c20-15(9-23-14-4-2-1-3-13(14)19(21)22)25-12-7-5-11(6-8-12)16-18-17-10-24-16/h1-8,10H,9H2. The zero-order chi connectivity index (χ0) is 17.6. The second kappa shape index (κ2) is 7.21. The number of para-hydroxylation sites is 2. The van der Waals surface area contributed by atoms with E-state index in [0.717, 1.165) is 0 Å². The summed E-state index contributed by atoms with van der Waals surface area (Å²) in [7, 11) is 0. The van der Waals surface area contributed by atoms with Gasteiger partial charge in [-0.1, -0.05) is 12.1 Å². The van der Waals surface area contributed by atoms with Gasteiger partial charge in [0, 0.05) is 11.6 Å². The van der Waals surface area contributed by atoms with Gasteiger partial charge in [0.05, 0.1) is 4.92 Å². The molecule has 0 aliphatic carbocycles. The number of ether oxygens (including phenoxy) is 2. The van der Waals surface area contributed by atoms with Crippen LogP contribution in [0.2, 0.25) is 0 Å². The summed E-state index contributed by atoms with van der Waals surface area (Å²) in [5.74, 6) is -0.0584. The van der Waals surface area contributed by atoms with Gasteiger partial charge in [-0.15, -0.1) is 10.2 Å². The number of hydrogen-bond donors (Lipinski definition) is 0. The Labute approximate surface area is 141 Å². The van der Waals surface area contributed by atoms with Gasteiger partial charge in [-0.3, -0.25) is 10.1 Å². The smallest absolute Gasteiger partial charge is 0.349 e. The van der Waals surface area contributed by atoms with Gasteiger partial charge in [0.25, 0.3) is 0 Å². The van der Waals surface area contributed by atoms with Crippen molar-refractivity contribution < 1.29 is 23.6 Å². The van der Waals surface area contributed by atoms with Crippen LogP contribution in [0.3, 0.4) is 0 Å². The predicted octanol–water partition coefficient (Wildman–Crippen LogP) is 2.63. The molecule has 3 aromatic rings. The van der Waals surface area contributed by atoms with Gasteiger partial charge in [-0.05, 0) is 30.3 Å². The Morgan fingerprint density at radius 2 is 1.92 bits per heavy atom. The average molecular weight is 341 g/mol. The van der Waals surface area contributed by atoms with Gasteiger partial charge in [0.15, 0.2) is 12.4 Å². The topological polar surface area (TPSA) is 118 Å². The van der Waals surface area contributed by atoms with Crippen LogP contribution >= 0.6 is 0 Å². The van der Waals surface area contributed by atoms with Crippen LogP contribution in [0, 0.1) is 10.1 Å². The van der Waals surface area contributed by atoms with Gasteiger partial charge in [-0.2, -0.15) is 0 Å². The normalized spacial score (nSPS) is 10.2. The van der Waals surface area contributed by atoms with Crippen LogP contribution < -0.4 is 9.47 Å². The first kappa shape index (κ1) is 16.1. The monoisotopic (exact) mass is 341 g/mol. The zero-order valence-electron chi connectivity index (χ0n) is 12.7. The number of hydrogen-bond acceptors (Lipinski definition) is 8. The molecule has 0 N–H and O–H groups in total. The van der Waals surface area contributed by atoms with Crippen molar-refractivity contribution in [1.29, 1.82) is 0 Å². The van der Waals surface area contributed by atoms with Crippen LogP contribution in [0.15, 0.2) is 59.3 Å². The van der Waals surface area contributed by atoms with Gasteiger partial charge in [0.1, 0.15) is 5.75 Å². The summed E-state index contributed by atoms with van der Waals surface area (Å²) in [4.78, 5) is 22.1. The van der Waals surface area contributed by atoms with Crippen molar-refractivity contribution in [2.45, 2.75) is 0 Å². The highest BCUT2D eigenvalue weighted by molar-refractivity contribution is 5.74. The van der Waals surface area contributed by atoms with Crippen LogP contribution in [0.4, 0.5) is 5.69 Å². The van der Waals surface area contributed by atoms with E-state index in [4.69, 9.17) is 13.9 Å². The molecular formula is C16H11N3O6. The summed E-state index contributed by atoms with van der Waals surface area (Å²) < 4.78 is 15.3. The minimum absolute atomic E-state index is 0.00353. The Morgan fingerprint density at radius 1 is 1.16 bits per heavy atom. The molecule has 0 saturated carbocycles. The third-order valence-corrected chi connectivity index (χ3v) is 3.10. The molecule has 3 rings (SSSR count). The molecule has 0 bridgehead atoms. The lowest BCUT2D eigenvalue weighted by Gasteiger charge is -2.07. The molecule has 2 aromatic carbocycles. The van der Waals surface area contributed by atoms with Gasteiger partial charge in [-0.25, -0.2) is 4.79 Å². The number of carbonyl (C=O) groups excluding carboxylic acids is 1. The Hall–Kier alpha value is -3.75. The number of nitro groups is 1. The fourth-order valence-electron chi connectivity index (χ4n) is 1.99. The van der Waals surface area contributed by atoms with Crippen LogP contribution in [-0.4, -0.2) is 27.7 Å². The highest BCUT2D eigenvalue weighted by Gasteiger charge is 2.15. The third kappa shape index (κ3) is 3.96. The van der Waals surface area contributed by atoms with Crippen molar-refractivity contribution in [3.05, 3.63) is 65.0 Å². The highest BCUT2D eigenvalue weighted by Crippen LogP contribution is 2.26. The maximum absolute atomic E-state index is 11.8. The van der Waals surface area contributed by atoms with Gasteiger partial charge in [0.2, 0.25) is 12.3 Å². The number of carbonyl (C=O) groups is 1. The first-order valence-corrected chi connectivity index (χ1v) is 7.07. The number of esters is 1. The molecule has 0 atom stereocenters. The number of nitro benzene ring substituents is 1. The molecular weight excluding hydrogens is 330 g/mol. The van der Waals surface area contributed by atoms with E-state index < -0.39 is 17.5 Å². The van der Waals surface area contributed by atoms with Crippen molar-refractivity contribution >= 4 is 11.7 Å².